The van der Waals surface area contributed by atoms with E-state index in [4.69, 9.17) is 5.11 Å². The first kappa shape index (κ1) is 18.5. The Morgan fingerprint density at radius 3 is 2.65 bits per heavy atom. The fourth-order valence-corrected chi connectivity index (χ4v) is 5.55. The molecular formula is C20H34O3. The van der Waals surface area contributed by atoms with E-state index in [0.29, 0.717) is 11.8 Å². The van der Waals surface area contributed by atoms with Crippen molar-refractivity contribution in [3.8, 4) is 0 Å². The van der Waals surface area contributed by atoms with Gasteiger partial charge in [-0.15, -0.1) is 0 Å². The van der Waals surface area contributed by atoms with Gasteiger partial charge in [-0.25, -0.2) is 0 Å². The Kier molecular flexibility index (Phi) is 5.60. The Balaban J connectivity index is 2.21. The van der Waals surface area contributed by atoms with E-state index in [1.807, 2.05) is 6.92 Å². The molecule has 0 spiro atoms. The third-order valence-electron chi connectivity index (χ3n) is 7.08. The highest BCUT2D eigenvalue weighted by Gasteiger charge is 2.57. The molecule has 2 fully saturated rings. The average Bonchev–Trinajstić information content (AvgIpc) is 2.46. The van der Waals surface area contributed by atoms with Crippen LogP contribution in [0.3, 0.4) is 0 Å². The first-order valence-corrected chi connectivity index (χ1v) is 9.27. The van der Waals surface area contributed by atoms with E-state index in [0.717, 1.165) is 51.4 Å². The zero-order valence-corrected chi connectivity index (χ0v) is 15.1. The summed E-state index contributed by atoms with van der Waals surface area (Å²) in [6, 6.07) is 0. The van der Waals surface area contributed by atoms with Crippen molar-refractivity contribution in [2.75, 3.05) is 6.61 Å². The van der Waals surface area contributed by atoms with Crippen LogP contribution in [0.25, 0.3) is 0 Å². The van der Waals surface area contributed by atoms with Crippen molar-refractivity contribution in [1.29, 1.82) is 0 Å². The minimum absolute atomic E-state index is 0.0691. The third-order valence-corrected chi connectivity index (χ3v) is 7.08. The molecule has 0 aromatic carbocycles. The summed E-state index contributed by atoms with van der Waals surface area (Å²) in [4.78, 5) is 12.0. The zero-order valence-electron chi connectivity index (χ0n) is 15.1. The third kappa shape index (κ3) is 3.35. The smallest absolute Gasteiger partial charge is 0.309 e. The zero-order chi connectivity index (χ0) is 17.3. The maximum Gasteiger partial charge on any atom is 0.309 e. The van der Waals surface area contributed by atoms with Gasteiger partial charge in [-0.2, -0.15) is 0 Å². The van der Waals surface area contributed by atoms with Crippen LogP contribution < -0.4 is 0 Å². The van der Waals surface area contributed by atoms with Gasteiger partial charge in [0, 0.05) is 6.61 Å². The van der Waals surface area contributed by atoms with Crippen LogP contribution >= 0.6 is 0 Å². The fourth-order valence-electron chi connectivity index (χ4n) is 5.55. The second kappa shape index (κ2) is 6.96. The van der Waals surface area contributed by atoms with Gasteiger partial charge in [-0.05, 0) is 68.6 Å². The molecule has 3 nitrogen and oxygen atoms in total. The predicted molar refractivity (Wildman–Crippen MR) is 93.2 cm³/mol. The van der Waals surface area contributed by atoms with Gasteiger partial charge in [0.15, 0.2) is 0 Å². The van der Waals surface area contributed by atoms with E-state index in [-0.39, 0.29) is 17.9 Å². The molecular weight excluding hydrogens is 288 g/mol. The Hall–Kier alpha value is -0.830. The van der Waals surface area contributed by atoms with Crippen LogP contribution in [0.4, 0.5) is 0 Å². The van der Waals surface area contributed by atoms with Crippen LogP contribution in [-0.4, -0.2) is 22.8 Å². The summed E-state index contributed by atoms with van der Waals surface area (Å²) in [5.41, 5.74) is 0.817. The summed E-state index contributed by atoms with van der Waals surface area (Å²) in [6.45, 7) is 11.1. The summed E-state index contributed by atoms with van der Waals surface area (Å²) in [5.74, 6) is 0.589. The Labute approximate surface area is 141 Å². The molecule has 0 aliphatic heterocycles. The van der Waals surface area contributed by atoms with Crippen LogP contribution in [0.15, 0.2) is 12.2 Å². The molecule has 0 bridgehead atoms. The SMILES string of the molecule is C=C1CCC2[C@](C)(CCC[C@]2(C)C(=O)O)[C@H]1CCC(C)CCO. The van der Waals surface area contributed by atoms with Gasteiger partial charge in [0.2, 0.25) is 0 Å². The number of allylic oxidation sites excluding steroid dienone is 1. The first-order chi connectivity index (χ1) is 10.8. The van der Waals surface area contributed by atoms with Crippen molar-refractivity contribution in [1.82, 2.24) is 0 Å². The maximum absolute atomic E-state index is 12.0. The van der Waals surface area contributed by atoms with Gasteiger partial charge < -0.3 is 10.2 Å². The molecule has 0 amide bonds. The highest BCUT2D eigenvalue weighted by molar-refractivity contribution is 5.75. The van der Waals surface area contributed by atoms with Crippen LogP contribution in [-0.2, 0) is 4.79 Å². The molecule has 2 aliphatic rings. The molecule has 0 aromatic rings. The molecule has 132 valence electrons. The second-order valence-electron chi connectivity index (χ2n) is 8.58. The molecule has 0 saturated heterocycles. The predicted octanol–water partition coefficient (Wildman–Crippen LogP) is 4.65. The molecule has 3 heteroatoms. The number of hydrogen-bond donors (Lipinski definition) is 2. The van der Waals surface area contributed by atoms with Gasteiger partial charge in [-0.3, -0.25) is 4.79 Å². The number of carboxylic acid groups (broad SMARTS) is 1. The summed E-state index contributed by atoms with van der Waals surface area (Å²) in [6.07, 6.45) is 7.92. The summed E-state index contributed by atoms with van der Waals surface area (Å²) >= 11 is 0. The van der Waals surface area contributed by atoms with Gasteiger partial charge in [0.1, 0.15) is 0 Å². The van der Waals surface area contributed by atoms with Gasteiger partial charge in [-0.1, -0.05) is 38.8 Å². The largest absolute Gasteiger partial charge is 0.481 e. The number of aliphatic carboxylic acids is 1. The summed E-state index contributed by atoms with van der Waals surface area (Å²) < 4.78 is 0. The lowest BCUT2D eigenvalue weighted by molar-refractivity contribution is -0.164. The summed E-state index contributed by atoms with van der Waals surface area (Å²) in [7, 11) is 0. The number of carbonyl (C=O) groups is 1. The molecule has 0 radical (unpaired) electrons. The second-order valence-corrected chi connectivity index (χ2v) is 8.58. The molecule has 23 heavy (non-hydrogen) atoms. The lowest BCUT2D eigenvalue weighted by atomic mass is 9.46. The van der Waals surface area contributed by atoms with Crippen molar-refractivity contribution in [2.24, 2.45) is 28.6 Å². The molecule has 0 heterocycles. The number of hydrogen-bond acceptors (Lipinski definition) is 2. The van der Waals surface area contributed by atoms with E-state index in [1.165, 1.54) is 5.57 Å². The van der Waals surface area contributed by atoms with Gasteiger partial charge in [0.25, 0.3) is 0 Å². The molecule has 0 aromatic heterocycles. The molecule has 2 rings (SSSR count). The number of fused-ring (bicyclic) bond motifs is 1. The number of aliphatic hydroxyl groups is 1. The molecule has 2 saturated carbocycles. The first-order valence-electron chi connectivity index (χ1n) is 9.27. The van der Waals surface area contributed by atoms with E-state index < -0.39 is 11.4 Å². The summed E-state index contributed by atoms with van der Waals surface area (Å²) in [5, 5.41) is 19.0. The number of carboxylic acids is 1. The highest BCUT2D eigenvalue weighted by Crippen LogP contribution is 2.62. The number of aliphatic hydroxyl groups excluding tert-OH is 1. The van der Waals surface area contributed by atoms with Crippen LogP contribution in [0.5, 0.6) is 0 Å². The van der Waals surface area contributed by atoms with Gasteiger partial charge in [0.05, 0.1) is 5.41 Å². The van der Waals surface area contributed by atoms with E-state index >= 15 is 0 Å². The minimum atomic E-state index is -0.617. The highest BCUT2D eigenvalue weighted by atomic mass is 16.4. The van der Waals surface area contributed by atoms with Crippen molar-refractivity contribution in [2.45, 2.75) is 72.1 Å². The standard InChI is InChI=1S/C20H34O3/c1-14(10-13-21)6-8-16-15(2)7-9-17-19(16,3)11-5-12-20(17,4)18(22)23/h14,16-17,21H,2,5-13H2,1,3-4H3,(H,22,23)/t14?,16-,17?,19+,20-/m0/s1. The van der Waals surface area contributed by atoms with Crippen molar-refractivity contribution in [3.05, 3.63) is 12.2 Å². The Morgan fingerprint density at radius 1 is 1.35 bits per heavy atom. The van der Waals surface area contributed by atoms with Gasteiger partial charge >= 0.3 is 5.97 Å². The topological polar surface area (TPSA) is 57.5 Å². The van der Waals surface area contributed by atoms with Crippen molar-refractivity contribution < 1.29 is 15.0 Å². The molecule has 2 aliphatic carbocycles. The van der Waals surface area contributed by atoms with Crippen molar-refractivity contribution in [3.63, 3.8) is 0 Å². The van der Waals surface area contributed by atoms with Crippen molar-refractivity contribution >= 4 is 5.97 Å². The van der Waals surface area contributed by atoms with Crippen LogP contribution in [0, 0.1) is 28.6 Å². The van der Waals surface area contributed by atoms with E-state index in [9.17, 15) is 9.90 Å². The lowest BCUT2D eigenvalue weighted by Crippen LogP contribution is -2.53. The normalized spacial score (nSPS) is 38.9. The quantitative estimate of drug-likeness (QED) is 0.700. The monoisotopic (exact) mass is 322 g/mol. The lowest BCUT2D eigenvalue weighted by Gasteiger charge is -2.57. The Bertz CT molecular complexity index is 458. The van der Waals surface area contributed by atoms with Crippen LogP contribution in [0.2, 0.25) is 0 Å². The maximum atomic E-state index is 12.0. The molecule has 2 N–H and O–H groups in total. The van der Waals surface area contributed by atoms with E-state index in [2.05, 4.69) is 20.4 Å². The Morgan fingerprint density at radius 2 is 2.04 bits per heavy atom. The average molecular weight is 322 g/mol. The van der Waals surface area contributed by atoms with Crippen LogP contribution in [0.1, 0.15) is 72.1 Å². The number of rotatable bonds is 6. The minimum Gasteiger partial charge on any atom is -0.481 e. The molecule has 2 unspecified atom stereocenters. The van der Waals surface area contributed by atoms with E-state index in [1.54, 1.807) is 0 Å². The fraction of sp³-hybridized carbons (Fsp3) is 0.850. The molecule has 5 atom stereocenters.